The molecule has 5 rings (SSSR count). The number of ether oxygens (including phenoxy) is 2. The van der Waals surface area contributed by atoms with Crippen LogP contribution in [0.15, 0.2) is 42.5 Å². The van der Waals surface area contributed by atoms with Crippen LogP contribution in [0.5, 0.6) is 5.75 Å². The van der Waals surface area contributed by atoms with Gasteiger partial charge in [0.15, 0.2) is 8.32 Å². The maximum atomic E-state index is 14.8. The SMILES string of the molecule is Cc1cccc(CN(C(=O)[C@H]2[C@H]3CN(C(=O)OC(C)(C)C)C[C@H]3C[C@@H]2c2ccc(OCCO[Si](C)(C)C(C)(C)C)cc2)C2CC2)c1C. The molecule has 3 aliphatic rings. The highest BCUT2D eigenvalue weighted by atomic mass is 28.4. The summed E-state index contributed by atoms with van der Waals surface area (Å²) in [5.74, 6) is 1.31. The van der Waals surface area contributed by atoms with Crippen molar-refractivity contribution in [3.05, 3.63) is 64.7 Å². The van der Waals surface area contributed by atoms with Crippen molar-refractivity contribution in [3.8, 4) is 5.75 Å². The van der Waals surface area contributed by atoms with Gasteiger partial charge in [-0.3, -0.25) is 4.79 Å². The van der Waals surface area contributed by atoms with Crippen LogP contribution in [0.25, 0.3) is 0 Å². The third-order valence-corrected chi connectivity index (χ3v) is 15.7. The first kappa shape index (κ1) is 35.5. The van der Waals surface area contributed by atoms with Crippen molar-refractivity contribution in [2.24, 2.45) is 17.8 Å². The van der Waals surface area contributed by atoms with E-state index in [1.54, 1.807) is 0 Å². The van der Waals surface area contributed by atoms with Crippen LogP contribution in [0.4, 0.5) is 4.79 Å². The van der Waals surface area contributed by atoms with Crippen LogP contribution in [0.3, 0.4) is 0 Å². The summed E-state index contributed by atoms with van der Waals surface area (Å²) in [7, 11) is -1.82. The van der Waals surface area contributed by atoms with Gasteiger partial charge in [-0.2, -0.15) is 0 Å². The lowest BCUT2D eigenvalue weighted by molar-refractivity contribution is -0.138. The largest absolute Gasteiger partial charge is 0.491 e. The highest BCUT2D eigenvalue weighted by Gasteiger charge is 2.54. The second-order valence-electron chi connectivity index (χ2n) is 16.8. The van der Waals surface area contributed by atoms with E-state index in [2.05, 4.69) is 82.9 Å². The second-order valence-corrected chi connectivity index (χ2v) is 21.6. The van der Waals surface area contributed by atoms with Crippen molar-refractivity contribution in [3.63, 3.8) is 0 Å². The fraction of sp³-hybridized carbons (Fsp3) is 0.641. The molecule has 0 spiro atoms. The molecular formula is C39H58N2O5Si. The molecule has 1 heterocycles. The second kappa shape index (κ2) is 13.6. The van der Waals surface area contributed by atoms with Crippen molar-refractivity contribution in [1.29, 1.82) is 0 Å². The summed E-state index contributed by atoms with van der Waals surface area (Å²) in [6.45, 7) is 24.2. The Morgan fingerprint density at radius 3 is 2.23 bits per heavy atom. The van der Waals surface area contributed by atoms with Gasteiger partial charge < -0.3 is 23.7 Å². The molecule has 3 fully saturated rings. The van der Waals surface area contributed by atoms with E-state index in [1.807, 2.05) is 37.8 Å². The van der Waals surface area contributed by atoms with Gasteiger partial charge in [0.2, 0.25) is 5.91 Å². The summed E-state index contributed by atoms with van der Waals surface area (Å²) in [6.07, 6.45) is 2.71. The van der Waals surface area contributed by atoms with Crippen molar-refractivity contribution in [1.82, 2.24) is 9.80 Å². The van der Waals surface area contributed by atoms with Gasteiger partial charge in [0.1, 0.15) is 18.0 Å². The van der Waals surface area contributed by atoms with E-state index in [0.29, 0.717) is 32.8 Å². The van der Waals surface area contributed by atoms with Crippen LogP contribution in [0.1, 0.15) is 89.0 Å². The maximum Gasteiger partial charge on any atom is 0.410 e. The van der Waals surface area contributed by atoms with Crippen LogP contribution in [0, 0.1) is 31.6 Å². The lowest BCUT2D eigenvalue weighted by atomic mass is 9.83. The number of amides is 2. The zero-order valence-electron chi connectivity index (χ0n) is 30.5. The minimum absolute atomic E-state index is 0.0918. The minimum atomic E-state index is -1.82. The lowest BCUT2D eigenvalue weighted by Crippen LogP contribution is -2.42. The molecule has 2 aliphatic carbocycles. The Bertz CT molecular complexity index is 1420. The van der Waals surface area contributed by atoms with E-state index < -0.39 is 13.9 Å². The van der Waals surface area contributed by atoms with Crippen molar-refractivity contribution in [2.75, 3.05) is 26.3 Å². The number of benzene rings is 2. The van der Waals surface area contributed by atoms with Crippen LogP contribution >= 0.6 is 0 Å². The molecule has 1 saturated heterocycles. The summed E-state index contributed by atoms with van der Waals surface area (Å²) >= 11 is 0. The molecule has 2 aromatic carbocycles. The smallest absolute Gasteiger partial charge is 0.410 e. The highest BCUT2D eigenvalue weighted by molar-refractivity contribution is 6.74. The first-order valence-electron chi connectivity index (χ1n) is 17.7. The predicted molar refractivity (Wildman–Crippen MR) is 190 cm³/mol. The fourth-order valence-electron chi connectivity index (χ4n) is 7.11. The van der Waals surface area contributed by atoms with Crippen LogP contribution < -0.4 is 4.74 Å². The quantitative estimate of drug-likeness (QED) is 0.189. The highest BCUT2D eigenvalue weighted by Crippen LogP contribution is 2.52. The Morgan fingerprint density at radius 2 is 1.62 bits per heavy atom. The zero-order valence-corrected chi connectivity index (χ0v) is 31.5. The molecule has 1 aliphatic heterocycles. The molecule has 2 amide bonds. The maximum absolute atomic E-state index is 14.8. The third kappa shape index (κ3) is 8.25. The fourth-order valence-corrected chi connectivity index (χ4v) is 8.14. The molecule has 0 radical (unpaired) electrons. The van der Waals surface area contributed by atoms with Gasteiger partial charge >= 0.3 is 6.09 Å². The number of aryl methyl sites for hydroxylation is 1. The molecule has 2 saturated carbocycles. The Labute approximate surface area is 284 Å². The van der Waals surface area contributed by atoms with Gasteiger partial charge in [-0.15, -0.1) is 0 Å². The zero-order chi connectivity index (χ0) is 34.3. The Kier molecular flexibility index (Phi) is 10.2. The van der Waals surface area contributed by atoms with Crippen molar-refractivity contribution in [2.45, 2.75) is 117 Å². The van der Waals surface area contributed by atoms with Gasteiger partial charge in [0.25, 0.3) is 0 Å². The monoisotopic (exact) mass is 662 g/mol. The molecule has 8 heteroatoms. The first-order valence-corrected chi connectivity index (χ1v) is 20.6. The Balaban J connectivity index is 1.34. The van der Waals surface area contributed by atoms with Crippen LogP contribution in [-0.4, -0.2) is 68.1 Å². The van der Waals surface area contributed by atoms with E-state index >= 15 is 0 Å². The summed E-state index contributed by atoms with van der Waals surface area (Å²) < 4.78 is 18.1. The number of hydrogen-bond acceptors (Lipinski definition) is 5. The molecule has 2 aromatic rings. The summed E-state index contributed by atoms with van der Waals surface area (Å²) in [5, 5.41) is 0.167. The number of rotatable bonds is 10. The lowest BCUT2D eigenvalue weighted by Gasteiger charge is -2.36. The predicted octanol–water partition coefficient (Wildman–Crippen LogP) is 8.48. The molecule has 7 nitrogen and oxygen atoms in total. The molecule has 0 N–H and O–H groups in total. The summed E-state index contributed by atoms with van der Waals surface area (Å²) in [6, 6.07) is 15.1. The van der Waals surface area contributed by atoms with Gasteiger partial charge in [0, 0.05) is 31.6 Å². The number of carbonyl (C=O) groups is 2. The number of hydrogen-bond donors (Lipinski definition) is 0. The normalized spacial score (nSPS) is 23.1. The van der Waals surface area contributed by atoms with E-state index in [4.69, 9.17) is 13.9 Å². The van der Waals surface area contributed by atoms with Crippen molar-refractivity contribution < 1.29 is 23.5 Å². The standard InChI is InChI=1S/C39H58N2O5Si/c1-26-12-11-13-29(27(26)2)24-41(31-16-17-31)36(42)35-33(22-30-23-40(25-34(30)35)37(43)46-38(3,4)5)28-14-18-32(19-15-28)44-20-21-45-47(9,10)39(6,7)8/h11-15,18-19,30-31,33-35H,16-17,20-25H2,1-10H3/t30-,33-,34+,35-/m1/s1. The first-order chi connectivity index (χ1) is 21.9. The molecule has 0 aromatic heterocycles. The average molecular weight is 663 g/mol. The molecule has 4 atom stereocenters. The van der Waals surface area contributed by atoms with E-state index in [9.17, 15) is 9.59 Å². The van der Waals surface area contributed by atoms with Gasteiger partial charge in [-0.1, -0.05) is 51.1 Å². The molecule has 0 bridgehead atoms. The molecule has 47 heavy (non-hydrogen) atoms. The Hall–Kier alpha value is -2.84. The van der Waals surface area contributed by atoms with Gasteiger partial charge in [0.05, 0.1) is 6.61 Å². The van der Waals surface area contributed by atoms with Gasteiger partial charge in [-0.25, -0.2) is 4.79 Å². The molecular weight excluding hydrogens is 605 g/mol. The number of fused-ring (bicyclic) bond motifs is 1. The van der Waals surface area contributed by atoms with Crippen molar-refractivity contribution >= 4 is 20.3 Å². The topological polar surface area (TPSA) is 68.3 Å². The molecule has 258 valence electrons. The number of likely N-dealkylation sites (tertiary alicyclic amines) is 1. The molecule has 0 unspecified atom stereocenters. The van der Waals surface area contributed by atoms with Crippen LogP contribution in [0.2, 0.25) is 18.1 Å². The third-order valence-electron chi connectivity index (χ3n) is 11.1. The van der Waals surface area contributed by atoms with E-state index in [1.165, 1.54) is 22.3 Å². The minimum Gasteiger partial charge on any atom is -0.491 e. The number of nitrogens with zero attached hydrogens (tertiary/aromatic N) is 2. The van der Waals surface area contributed by atoms with E-state index in [0.717, 1.165) is 25.0 Å². The number of carbonyl (C=O) groups excluding carboxylic acids is 2. The summed E-state index contributed by atoms with van der Waals surface area (Å²) in [4.78, 5) is 31.9. The summed E-state index contributed by atoms with van der Waals surface area (Å²) in [5.41, 5.74) is 4.35. The van der Waals surface area contributed by atoms with Crippen LogP contribution in [-0.2, 0) is 20.5 Å². The average Bonchev–Trinajstić information content (AvgIpc) is 3.63. The van der Waals surface area contributed by atoms with E-state index in [-0.39, 0.29) is 46.8 Å². The Morgan fingerprint density at radius 1 is 0.936 bits per heavy atom. The van der Waals surface area contributed by atoms with Gasteiger partial charge in [-0.05, 0) is 124 Å².